The third kappa shape index (κ3) is 19.5. The molecule has 1 heterocycles. The quantitative estimate of drug-likeness (QED) is 0.0272. The number of carbonyl (C=O) groups excluding carboxylic acids is 8. The molecular weight excluding hydrogens is 1100 g/mol. The Bertz CT molecular complexity index is 3170. The number of amides is 8. The Morgan fingerprint density at radius 3 is 1.43 bits per heavy atom. The molecule has 0 aliphatic rings. The fourth-order valence-corrected chi connectivity index (χ4v) is 9.48. The number of carbonyl (C=O) groups is 8. The maximum absolute atomic E-state index is 15.0. The number of aromatic nitrogens is 1. The van der Waals surface area contributed by atoms with Crippen LogP contribution in [0.15, 0.2) is 140 Å². The van der Waals surface area contributed by atoms with Gasteiger partial charge in [-0.2, -0.15) is 0 Å². The van der Waals surface area contributed by atoms with Gasteiger partial charge in [0.1, 0.15) is 48.0 Å². The molecule has 23 heteroatoms. The second-order valence-electron chi connectivity index (χ2n) is 20.7. The fourth-order valence-electron chi connectivity index (χ4n) is 9.35. The second-order valence-corrected chi connectivity index (χ2v) is 21.1. The zero-order valence-electron chi connectivity index (χ0n) is 46.6. The topological polar surface area (TPSA) is 375 Å². The molecule has 6 aromatic rings. The number of para-hydroxylation sites is 1. The summed E-state index contributed by atoms with van der Waals surface area (Å²) in [5, 5.41) is 51.1. The van der Waals surface area contributed by atoms with Gasteiger partial charge in [0, 0.05) is 47.8 Å². The van der Waals surface area contributed by atoms with E-state index in [4.69, 9.17) is 28.8 Å². The second kappa shape index (κ2) is 31.7. The summed E-state index contributed by atoms with van der Waals surface area (Å²) in [4.78, 5) is 116. The van der Waals surface area contributed by atoms with Crippen molar-refractivity contribution in [3.8, 4) is 5.75 Å². The summed E-state index contributed by atoms with van der Waals surface area (Å²) in [6.45, 7) is 2.69. The van der Waals surface area contributed by atoms with E-state index in [1.807, 2.05) is 48.5 Å². The molecule has 1 aromatic heterocycles. The molecule has 2 unspecified atom stereocenters. The molecule has 0 spiro atoms. The highest BCUT2D eigenvalue weighted by Crippen LogP contribution is 2.21. The zero-order valence-corrected chi connectivity index (χ0v) is 47.4. The number of aromatic amines is 1. The van der Waals surface area contributed by atoms with E-state index in [0.717, 1.165) is 5.56 Å². The minimum atomic E-state index is -1.74. The third-order valence-corrected chi connectivity index (χ3v) is 14.3. The lowest BCUT2D eigenvalue weighted by Gasteiger charge is -2.29. The number of benzene rings is 5. The summed E-state index contributed by atoms with van der Waals surface area (Å²) in [5.74, 6) is -7.10. The van der Waals surface area contributed by atoms with Crippen molar-refractivity contribution in [2.45, 2.75) is 126 Å². The third-order valence-electron chi connectivity index (χ3n) is 14.0. The van der Waals surface area contributed by atoms with E-state index in [-0.39, 0.29) is 57.2 Å². The zero-order chi connectivity index (χ0) is 60.9. The monoisotopic (exact) mass is 1170 g/mol. The first-order chi connectivity index (χ1) is 40.2. The number of hydrogen-bond donors (Lipinski definition) is 14. The highest BCUT2D eigenvalue weighted by atomic mass is 35.5. The number of halogens is 1. The Labute approximate surface area is 491 Å². The van der Waals surface area contributed by atoms with Crippen LogP contribution in [-0.2, 0) is 70.5 Å². The van der Waals surface area contributed by atoms with Gasteiger partial charge in [-0.1, -0.05) is 115 Å². The maximum Gasteiger partial charge on any atom is 0.245 e. The number of phenols is 1. The standard InChI is InChI=1S/C61H74ClN11O11/c1-35(74)52(54(65)77)72-60(83)50(30-38-15-7-4-8-16-38)71-61(84)53(36(2)75)73-56(79)47(19-11-12-28-63)67-59(82)51(33-41-34-66-46-18-10-9-17-44(41)46)70-58(81)49(32-40-22-26-43(76)27-23-40)69-57(80)48(31-39-20-24-42(62)25-21-39)68-55(78)45(64)29-37-13-5-3-6-14-37/h3-10,13-18,20-27,34-36,45,47-53,66,74-76H,11-12,19,28-33,63-64H2,1-2H3,(H2,65,77)(H,67,82)(H,68,78)(H,69,80)(H,70,81)(H,71,84)(H,72,83)(H,73,79)/t35?,36?,45-,47+,48+,49+,50+,51-,52+,53+/m1/s1. The number of aliphatic hydroxyl groups excluding tert-OH is 2. The molecule has 446 valence electrons. The van der Waals surface area contributed by atoms with Crippen LogP contribution in [0.5, 0.6) is 5.75 Å². The minimum absolute atomic E-state index is 0.0428. The molecular formula is C61H74ClN11O11. The Morgan fingerprint density at radius 2 is 0.905 bits per heavy atom. The van der Waals surface area contributed by atoms with Gasteiger partial charge >= 0.3 is 0 Å². The van der Waals surface area contributed by atoms with Crippen LogP contribution in [0, 0.1) is 0 Å². The lowest BCUT2D eigenvalue weighted by Crippen LogP contribution is -2.62. The van der Waals surface area contributed by atoms with Crippen LogP contribution in [0.3, 0.4) is 0 Å². The van der Waals surface area contributed by atoms with Gasteiger partial charge < -0.3 is 74.7 Å². The Balaban J connectivity index is 1.29. The Kier molecular flexibility index (Phi) is 24.3. The van der Waals surface area contributed by atoms with E-state index in [1.165, 1.54) is 26.0 Å². The van der Waals surface area contributed by atoms with Crippen LogP contribution in [-0.4, -0.2) is 135 Å². The predicted octanol–water partition coefficient (Wildman–Crippen LogP) is 1.14. The van der Waals surface area contributed by atoms with Gasteiger partial charge in [0.25, 0.3) is 0 Å². The van der Waals surface area contributed by atoms with Crippen LogP contribution in [0.2, 0.25) is 5.02 Å². The van der Waals surface area contributed by atoms with Crippen molar-refractivity contribution in [3.63, 3.8) is 0 Å². The molecule has 10 atom stereocenters. The first kappa shape index (κ1) is 64.5. The van der Waals surface area contributed by atoms with E-state index in [1.54, 1.807) is 79.0 Å². The molecule has 6 rings (SSSR count). The van der Waals surface area contributed by atoms with Crippen molar-refractivity contribution in [3.05, 3.63) is 172 Å². The first-order valence-electron chi connectivity index (χ1n) is 27.6. The SMILES string of the molecule is CC(O)[C@H](NC(=O)[C@H](Cc1ccccc1)NC(=O)[C@@H](NC(=O)[C@H](CCCCN)NC(=O)[C@@H](Cc1c[nH]c2ccccc12)NC(=O)[C@H](Cc1ccc(O)cc1)NC(=O)[C@H](Cc1ccc(Cl)cc1)NC(=O)[C@H](N)Cc1ccccc1)C(C)O)C(N)=O. The maximum atomic E-state index is 15.0. The average Bonchev–Trinajstić information content (AvgIpc) is 3.96. The molecule has 84 heavy (non-hydrogen) atoms. The van der Waals surface area contributed by atoms with Crippen LogP contribution in [0.25, 0.3) is 10.9 Å². The number of H-pyrrole nitrogens is 1. The van der Waals surface area contributed by atoms with Gasteiger partial charge in [0.05, 0.1) is 18.2 Å². The summed E-state index contributed by atoms with van der Waals surface area (Å²) in [7, 11) is 0. The van der Waals surface area contributed by atoms with Crippen LogP contribution in [0.4, 0.5) is 0 Å². The first-order valence-corrected chi connectivity index (χ1v) is 28.0. The van der Waals surface area contributed by atoms with E-state index < -0.39 is 108 Å². The molecule has 0 aliphatic carbocycles. The number of fused-ring (bicyclic) bond motifs is 1. The molecule has 22 nitrogen and oxygen atoms in total. The highest BCUT2D eigenvalue weighted by molar-refractivity contribution is 6.30. The van der Waals surface area contributed by atoms with Gasteiger partial charge in [-0.25, -0.2) is 0 Å². The van der Waals surface area contributed by atoms with Crippen molar-refractivity contribution in [2.75, 3.05) is 6.54 Å². The van der Waals surface area contributed by atoms with Gasteiger partial charge in [0.2, 0.25) is 47.3 Å². The van der Waals surface area contributed by atoms with E-state index in [9.17, 15) is 53.7 Å². The van der Waals surface area contributed by atoms with Gasteiger partial charge in [-0.05, 0) is 104 Å². The normalized spacial score (nSPS) is 14.8. The number of phenolic OH excluding ortho intramolecular Hbond substituents is 1. The van der Waals surface area contributed by atoms with Gasteiger partial charge in [-0.15, -0.1) is 0 Å². The number of hydrogen-bond acceptors (Lipinski definition) is 13. The Hall–Kier alpha value is -8.67. The Morgan fingerprint density at radius 1 is 0.488 bits per heavy atom. The number of nitrogens with two attached hydrogens (primary N) is 3. The summed E-state index contributed by atoms with van der Waals surface area (Å²) in [5.41, 5.74) is 21.4. The number of aliphatic hydroxyl groups is 2. The van der Waals surface area contributed by atoms with Gasteiger partial charge in [0.15, 0.2) is 0 Å². The molecule has 0 saturated heterocycles. The number of rotatable bonds is 31. The van der Waals surface area contributed by atoms with Crippen molar-refractivity contribution in [1.82, 2.24) is 42.2 Å². The van der Waals surface area contributed by atoms with E-state index >= 15 is 0 Å². The van der Waals surface area contributed by atoms with Gasteiger partial charge in [-0.3, -0.25) is 38.4 Å². The molecule has 0 aliphatic heterocycles. The molecule has 0 bridgehead atoms. The molecule has 0 fully saturated rings. The predicted molar refractivity (Wildman–Crippen MR) is 316 cm³/mol. The molecule has 5 aromatic carbocycles. The lowest BCUT2D eigenvalue weighted by molar-refractivity contribution is -0.137. The highest BCUT2D eigenvalue weighted by Gasteiger charge is 2.37. The number of unbranched alkanes of at least 4 members (excludes halogenated alkanes) is 1. The number of aromatic hydroxyl groups is 1. The fraction of sp³-hybridized carbons (Fsp3) is 0.344. The average molecular weight is 1170 g/mol. The van der Waals surface area contributed by atoms with Crippen molar-refractivity contribution in [1.29, 1.82) is 0 Å². The molecule has 8 amide bonds. The van der Waals surface area contributed by atoms with Crippen LogP contribution < -0.4 is 54.4 Å². The molecule has 17 N–H and O–H groups in total. The summed E-state index contributed by atoms with van der Waals surface area (Å²) in [6, 6.07) is 25.9. The number of primary amides is 1. The van der Waals surface area contributed by atoms with Crippen molar-refractivity contribution < 1.29 is 53.7 Å². The molecule has 0 radical (unpaired) electrons. The summed E-state index contributed by atoms with van der Waals surface area (Å²) < 4.78 is 0. The number of nitrogens with one attached hydrogen (secondary N) is 8. The van der Waals surface area contributed by atoms with E-state index in [2.05, 4.69) is 42.2 Å². The van der Waals surface area contributed by atoms with Crippen LogP contribution >= 0.6 is 11.6 Å². The van der Waals surface area contributed by atoms with Crippen molar-refractivity contribution in [2.24, 2.45) is 17.2 Å². The minimum Gasteiger partial charge on any atom is -0.508 e. The van der Waals surface area contributed by atoms with Crippen LogP contribution in [0.1, 0.15) is 60.9 Å². The summed E-state index contributed by atoms with van der Waals surface area (Å²) in [6.07, 6.45) is -1.05. The lowest BCUT2D eigenvalue weighted by atomic mass is 9.99. The smallest absolute Gasteiger partial charge is 0.245 e. The van der Waals surface area contributed by atoms with E-state index in [0.29, 0.717) is 44.6 Å². The largest absolute Gasteiger partial charge is 0.508 e. The summed E-state index contributed by atoms with van der Waals surface area (Å²) >= 11 is 6.19. The molecule has 0 saturated carbocycles. The van der Waals surface area contributed by atoms with Crippen molar-refractivity contribution >= 4 is 69.8 Å².